The molecule has 0 fully saturated rings. The predicted molar refractivity (Wildman–Crippen MR) is 62.1 cm³/mol. The number of nitrogens with two attached hydrogens (primary N) is 1. The molecule has 0 unspecified atom stereocenters. The van der Waals surface area contributed by atoms with Gasteiger partial charge in [0.2, 0.25) is 0 Å². The molecule has 0 aliphatic rings. The number of non-ortho nitro benzene ring substituents is 1. The summed E-state index contributed by atoms with van der Waals surface area (Å²) in [6.45, 7) is 1.93. The highest BCUT2D eigenvalue weighted by atomic mass is 35.5. The Morgan fingerprint density at radius 2 is 2.19 bits per heavy atom. The molecule has 0 aliphatic carbocycles. The molecule has 1 aromatic rings. The summed E-state index contributed by atoms with van der Waals surface area (Å²) in [6.07, 6.45) is 1.42. The highest BCUT2D eigenvalue weighted by molar-refractivity contribution is 5.85. The van der Waals surface area contributed by atoms with Crippen molar-refractivity contribution in [3.63, 3.8) is 0 Å². The summed E-state index contributed by atoms with van der Waals surface area (Å²) < 4.78 is 13.3. The molecule has 0 spiro atoms. The molecule has 0 aliphatic heterocycles. The molecule has 1 rings (SSSR count). The van der Waals surface area contributed by atoms with Crippen molar-refractivity contribution in [3.05, 3.63) is 39.7 Å². The van der Waals surface area contributed by atoms with Crippen molar-refractivity contribution in [2.24, 2.45) is 5.73 Å². The van der Waals surface area contributed by atoms with Gasteiger partial charge in [-0.25, -0.2) is 4.39 Å². The fraction of sp³-hybridized carbons (Fsp3) is 0.400. The second-order valence-corrected chi connectivity index (χ2v) is 3.36. The van der Waals surface area contributed by atoms with Gasteiger partial charge in [-0.15, -0.1) is 12.4 Å². The normalized spacial score (nSPS) is 11.7. The van der Waals surface area contributed by atoms with E-state index in [2.05, 4.69) is 0 Å². The van der Waals surface area contributed by atoms with Crippen LogP contribution in [0.1, 0.15) is 31.4 Å². The van der Waals surface area contributed by atoms with Gasteiger partial charge in [0, 0.05) is 23.7 Å². The van der Waals surface area contributed by atoms with Gasteiger partial charge in [-0.05, 0) is 12.5 Å². The Balaban J connectivity index is 0.00000225. The van der Waals surface area contributed by atoms with E-state index in [0.717, 1.165) is 18.6 Å². The lowest BCUT2D eigenvalue weighted by Gasteiger charge is -2.11. The molecule has 0 heterocycles. The Labute approximate surface area is 99.2 Å². The molecular weight excluding hydrogens is 235 g/mol. The quantitative estimate of drug-likeness (QED) is 0.658. The van der Waals surface area contributed by atoms with Crippen LogP contribution in [0.2, 0.25) is 0 Å². The van der Waals surface area contributed by atoms with Crippen LogP contribution in [-0.2, 0) is 0 Å². The van der Waals surface area contributed by atoms with Crippen molar-refractivity contribution in [1.82, 2.24) is 0 Å². The van der Waals surface area contributed by atoms with Crippen LogP contribution in [0, 0.1) is 15.9 Å². The third-order valence-corrected chi connectivity index (χ3v) is 2.19. The maximum absolute atomic E-state index is 13.3. The lowest BCUT2D eigenvalue weighted by atomic mass is 10.0. The minimum atomic E-state index is -0.554. The van der Waals surface area contributed by atoms with Crippen LogP contribution in [0.5, 0.6) is 0 Å². The first-order valence-electron chi connectivity index (χ1n) is 4.75. The van der Waals surface area contributed by atoms with E-state index in [1.165, 1.54) is 6.07 Å². The molecule has 6 heteroatoms. The second-order valence-electron chi connectivity index (χ2n) is 3.36. The number of rotatable bonds is 4. The first-order chi connectivity index (χ1) is 7.06. The number of hydrogen-bond acceptors (Lipinski definition) is 3. The Morgan fingerprint density at radius 3 is 2.69 bits per heavy atom. The van der Waals surface area contributed by atoms with Crippen LogP contribution in [0.3, 0.4) is 0 Å². The van der Waals surface area contributed by atoms with Crippen LogP contribution in [0.25, 0.3) is 0 Å². The van der Waals surface area contributed by atoms with Crippen molar-refractivity contribution in [3.8, 4) is 0 Å². The molecule has 1 aromatic carbocycles. The van der Waals surface area contributed by atoms with Gasteiger partial charge in [0.15, 0.2) is 0 Å². The molecule has 4 nitrogen and oxygen atoms in total. The van der Waals surface area contributed by atoms with Crippen LogP contribution in [0.15, 0.2) is 18.2 Å². The molecule has 16 heavy (non-hydrogen) atoms. The Kier molecular flexibility index (Phi) is 5.92. The van der Waals surface area contributed by atoms with Crippen LogP contribution >= 0.6 is 12.4 Å². The van der Waals surface area contributed by atoms with Crippen molar-refractivity contribution < 1.29 is 9.31 Å². The van der Waals surface area contributed by atoms with E-state index in [9.17, 15) is 14.5 Å². The minimum absolute atomic E-state index is 0. The molecule has 2 N–H and O–H groups in total. The third kappa shape index (κ3) is 3.43. The molecule has 90 valence electrons. The molecule has 0 aromatic heterocycles. The van der Waals surface area contributed by atoms with Gasteiger partial charge in [-0.3, -0.25) is 10.1 Å². The van der Waals surface area contributed by atoms with E-state index in [-0.39, 0.29) is 23.7 Å². The highest BCUT2D eigenvalue weighted by Crippen LogP contribution is 2.23. The van der Waals surface area contributed by atoms with Crippen molar-refractivity contribution >= 4 is 18.1 Å². The summed E-state index contributed by atoms with van der Waals surface area (Å²) in [4.78, 5) is 9.93. The largest absolute Gasteiger partial charge is 0.324 e. The smallest absolute Gasteiger partial charge is 0.269 e. The Bertz CT molecular complexity index is 374. The predicted octanol–water partition coefficient (Wildman–Crippen LogP) is 2.96. The van der Waals surface area contributed by atoms with Gasteiger partial charge in [0.05, 0.1) is 4.92 Å². The average Bonchev–Trinajstić information content (AvgIpc) is 2.18. The minimum Gasteiger partial charge on any atom is -0.324 e. The van der Waals surface area contributed by atoms with Gasteiger partial charge in [0.25, 0.3) is 5.69 Å². The number of hydrogen-bond donors (Lipinski definition) is 1. The molecule has 0 saturated heterocycles. The summed E-state index contributed by atoms with van der Waals surface area (Å²) in [5.74, 6) is -0.485. The zero-order valence-electron chi connectivity index (χ0n) is 8.85. The number of halogens is 2. The van der Waals surface area contributed by atoms with Crippen molar-refractivity contribution in [1.29, 1.82) is 0 Å². The van der Waals surface area contributed by atoms with Gasteiger partial charge < -0.3 is 5.73 Å². The van der Waals surface area contributed by atoms with Crippen molar-refractivity contribution in [2.45, 2.75) is 25.8 Å². The molecule has 0 saturated carbocycles. The molecule has 0 amide bonds. The van der Waals surface area contributed by atoms with E-state index in [0.29, 0.717) is 6.42 Å². The topological polar surface area (TPSA) is 69.2 Å². The van der Waals surface area contributed by atoms with Gasteiger partial charge >= 0.3 is 0 Å². The maximum Gasteiger partial charge on any atom is 0.269 e. The monoisotopic (exact) mass is 248 g/mol. The lowest BCUT2D eigenvalue weighted by Crippen LogP contribution is -2.12. The van der Waals surface area contributed by atoms with Crippen LogP contribution in [0.4, 0.5) is 10.1 Å². The zero-order chi connectivity index (χ0) is 11.4. The van der Waals surface area contributed by atoms with Crippen LogP contribution < -0.4 is 5.73 Å². The Morgan fingerprint density at radius 1 is 1.56 bits per heavy atom. The van der Waals surface area contributed by atoms with E-state index >= 15 is 0 Å². The maximum atomic E-state index is 13.3. The average molecular weight is 249 g/mol. The van der Waals surface area contributed by atoms with Gasteiger partial charge in [0.1, 0.15) is 5.82 Å². The second kappa shape index (κ2) is 6.40. The number of benzene rings is 1. The fourth-order valence-electron chi connectivity index (χ4n) is 1.40. The zero-order valence-corrected chi connectivity index (χ0v) is 9.67. The standard InChI is InChI=1S/C10H13FN2O2.ClH/c1-2-3-10(12)8-6-7(13(14)15)4-5-9(8)11;/h4-6,10H,2-3,12H2,1H3;1H/t10-;/m1./s1. The SMILES string of the molecule is CCC[C@@H](N)c1cc([N+](=O)[O-])ccc1F.Cl. The summed E-state index contributed by atoms with van der Waals surface area (Å²) >= 11 is 0. The molecular formula is C10H14ClFN2O2. The summed E-state index contributed by atoms with van der Waals surface area (Å²) in [7, 11) is 0. The van der Waals surface area contributed by atoms with Crippen molar-refractivity contribution in [2.75, 3.05) is 0 Å². The summed E-state index contributed by atoms with van der Waals surface area (Å²) in [6, 6.07) is 2.95. The molecule has 0 radical (unpaired) electrons. The van der Waals surface area contributed by atoms with E-state index < -0.39 is 16.8 Å². The number of nitro benzene ring substituents is 1. The number of nitro groups is 1. The van der Waals surface area contributed by atoms with E-state index in [1.54, 1.807) is 0 Å². The Hall–Kier alpha value is -1.20. The summed E-state index contributed by atoms with van der Waals surface area (Å²) in [5.41, 5.74) is 5.80. The fourth-order valence-corrected chi connectivity index (χ4v) is 1.40. The van der Waals surface area contributed by atoms with Crippen LogP contribution in [-0.4, -0.2) is 4.92 Å². The first-order valence-corrected chi connectivity index (χ1v) is 4.75. The first kappa shape index (κ1) is 14.8. The number of nitrogens with zero attached hydrogens (tertiary/aromatic N) is 1. The highest BCUT2D eigenvalue weighted by Gasteiger charge is 2.15. The summed E-state index contributed by atoms with van der Waals surface area (Å²) in [5, 5.41) is 10.5. The van der Waals surface area contributed by atoms with E-state index in [4.69, 9.17) is 5.73 Å². The third-order valence-electron chi connectivity index (χ3n) is 2.19. The lowest BCUT2D eigenvalue weighted by molar-refractivity contribution is -0.385. The molecule has 1 atom stereocenters. The van der Waals surface area contributed by atoms with Gasteiger partial charge in [-0.2, -0.15) is 0 Å². The molecule has 0 bridgehead atoms. The van der Waals surface area contributed by atoms with E-state index in [1.807, 2.05) is 6.92 Å². The van der Waals surface area contributed by atoms with Gasteiger partial charge in [-0.1, -0.05) is 13.3 Å².